The lowest BCUT2D eigenvalue weighted by molar-refractivity contribution is 0.00286. The van der Waals surface area contributed by atoms with E-state index < -0.39 is 0 Å². The quantitative estimate of drug-likeness (QED) is 0.910. The summed E-state index contributed by atoms with van der Waals surface area (Å²) in [4.78, 5) is 0. The summed E-state index contributed by atoms with van der Waals surface area (Å²) < 4.78 is 11.8. The second kappa shape index (κ2) is 5.93. The molecule has 1 saturated carbocycles. The summed E-state index contributed by atoms with van der Waals surface area (Å²) in [5.41, 5.74) is 7.43. The molecule has 19 heavy (non-hydrogen) atoms. The van der Waals surface area contributed by atoms with Crippen molar-refractivity contribution < 1.29 is 9.47 Å². The van der Waals surface area contributed by atoms with E-state index in [1.165, 1.54) is 18.4 Å². The summed E-state index contributed by atoms with van der Waals surface area (Å²) in [6, 6.07) is 8.53. The third-order valence-corrected chi connectivity index (χ3v) is 4.35. The Morgan fingerprint density at radius 3 is 2.89 bits per heavy atom. The molecule has 0 aromatic heterocycles. The maximum absolute atomic E-state index is 6.14. The van der Waals surface area contributed by atoms with Gasteiger partial charge in [-0.15, -0.1) is 0 Å². The van der Waals surface area contributed by atoms with Crippen molar-refractivity contribution in [2.75, 3.05) is 13.2 Å². The zero-order valence-electron chi connectivity index (χ0n) is 11.4. The van der Waals surface area contributed by atoms with Crippen LogP contribution in [-0.4, -0.2) is 25.4 Å². The summed E-state index contributed by atoms with van der Waals surface area (Å²) in [7, 11) is 0. The lowest BCUT2D eigenvalue weighted by Gasteiger charge is -2.32. The topological polar surface area (TPSA) is 44.5 Å². The molecule has 3 atom stereocenters. The van der Waals surface area contributed by atoms with Crippen LogP contribution in [0.3, 0.4) is 0 Å². The van der Waals surface area contributed by atoms with E-state index in [1.54, 1.807) is 0 Å². The highest BCUT2D eigenvalue weighted by Crippen LogP contribution is 2.34. The van der Waals surface area contributed by atoms with Crippen molar-refractivity contribution in [2.45, 2.75) is 50.2 Å². The summed E-state index contributed by atoms with van der Waals surface area (Å²) in [6.07, 6.45) is 6.02. The molecule has 0 radical (unpaired) electrons. The average molecular weight is 261 g/mol. The maximum Gasteiger partial charge on any atom is 0.122 e. The molecule has 0 spiro atoms. The Labute approximate surface area is 115 Å². The molecule has 3 heteroatoms. The standard InChI is InChI=1S/C16H23NO2/c17-14-6-2-4-8-16(14)19-11-12-9-10-18-15-7-3-1-5-13(12)15/h1,3,5,7,12,14,16H,2,4,6,8-11,17H2. The van der Waals surface area contributed by atoms with Gasteiger partial charge in [0, 0.05) is 12.0 Å². The summed E-state index contributed by atoms with van der Waals surface area (Å²) >= 11 is 0. The van der Waals surface area contributed by atoms with Crippen LogP contribution in [0.5, 0.6) is 5.75 Å². The first-order valence-corrected chi connectivity index (χ1v) is 7.43. The van der Waals surface area contributed by atoms with Crippen molar-refractivity contribution in [3.63, 3.8) is 0 Å². The molecule has 1 aliphatic heterocycles. The highest BCUT2D eigenvalue weighted by atomic mass is 16.5. The molecule has 3 rings (SSSR count). The van der Waals surface area contributed by atoms with Gasteiger partial charge in [-0.3, -0.25) is 0 Å². The molecule has 3 unspecified atom stereocenters. The minimum Gasteiger partial charge on any atom is -0.493 e. The van der Waals surface area contributed by atoms with Gasteiger partial charge in [0.15, 0.2) is 0 Å². The minimum atomic E-state index is 0.226. The van der Waals surface area contributed by atoms with Crippen LogP contribution in [0.2, 0.25) is 0 Å². The molecular weight excluding hydrogens is 238 g/mol. The average Bonchev–Trinajstić information content (AvgIpc) is 2.46. The van der Waals surface area contributed by atoms with Crippen molar-refractivity contribution in [3.8, 4) is 5.75 Å². The van der Waals surface area contributed by atoms with Gasteiger partial charge in [-0.2, -0.15) is 0 Å². The van der Waals surface area contributed by atoms with Gasteiger partial charge in [0.05, 0.1) is 19.3 Å². The molecule has 2 N–H and O–H groups in total. The van der Waals surface area contributed by atoms with Crippen LogP contribution in [0, 0.1) is 0 Å². The van der Waals surface area contributed by atoms with Crippen molar-refractivity contribution in [2.24, 2.45) is 5.73 Å². The van der Waals surface area contributed by atoms with Crippen molar-refractivity contribution in [1.29, 1.82) is 0 Å². The smallest absolute Gasteiger partial charge is 0.122 e. The molecule has 1 fully saturated rings. The molecule has 0 amide bonds. The summed E-state index contributed by atoms with van der Waals surface area (Å²) in [5, 5.41) is 0. The Morgan fingerprint density at radius 2 is 2.00 bits per heavy atom. The van der Waals surface area contributed by atoms with Crippen molar-refractivity contribution >= 4 is 0 Å². The van der Waals surface area contributed by atoms with Gasteiger partial charge in [0.25, 0.3) is 0 Å². The first kappa shape index (κ1) is 12.9. The van der Waals surface area contributed by atoms with E-state index in [9.17, 15) is 0 Å². The van der Waals surface area contributed by atoms with Gasteiger partial charge in [-0.25, -0.2) is 0 Å². The minimum absolute atomic E-state index is 0.226. The van der Waals surface area contributed by atoms with Crippen LogP contribution in [0.15, 0.2) is 24.3 Å². The molecule has 0 bridgehead atoms. The van der Waals surface area contributed by atoms with E-state index in [0.717, 1.165) is 38.2 Å². The van der Waals surface area contributed by atoms with Gasteiger partial charge in [0.2, 0.25) is 0 Å². The molecule has 2 aliphatic rings. The zero-order chi connectivity index (χ0) is 13.1. The third kappa shape index (κ3) is 2.93. The van der Waals surface area contributed by atoms with Crippen LogP contribution in [-0.2, 0) is 4.74 Å². The Kier molecular flexibility index (Phi) is 4.04. The molecule has 1 aromatic carbocycles. The monoisotopic (exact) mass is 261 g/mol. The fraction of sp³-hybridized carbons (Fsp3) is 0.625. The SMILES string of the molecule is NC1CCCCC1OCC1CCOc2ccccc21. The number of benzene rings is 1. The number of ether oxygens (including phenoxy) is 2. The Bertz CT molecular complexity index is 421. The number of hydrogen-bond acceptors (Lipinski definition) is 3. The molecule has 1 aromatic rings. The van der Waals surface area contributed by atoms with Gasteiger partial charge < -0.3 is 15.2 Å². The molecule has 104 valence electrons. The third-order valence-electron chi connectivity index (χ3n) is 4.35. The molecule has 1 aliphatic carbocycles. The van der Waals surface area contributed by atoms with Crippen LogP contribution in [0.1, 0.15) is 43.6 Å². The molecule has 3 nitrogen and oxygen atoms in total. The van der Waals surface area contributed by atoms with Gasteiger partial charge in [0.1, 0.15) is 5.75 Å². The van der Waals surface area contributed by atoms with Crippen LogP contribution >= 0.6 is 0 Å². The van der Waals surface area contributed by atoms with Crippen LogP contribution in [0.25, 0.3) is 0 Å². The van der Waals surface area contributed by atoms with Crippen LogP contribution < -0.4 is 10.5 Å². The molecule has 0 saturated heterocycles. The lowest BCUT2D eigenvalue weighted by Crippen LogP contribution is -2.40. The number of hydrogen-bond donors (Lipinski definition) is 1. The largest absolute Gasteiger partial charge is 0.493 e. The van der Waals surface area contributed by atoms with Crippen LogP contribution in [0.4, 0.5) is 0 Å². The van der Waals surface area contributed by atoms with Gasteiger partial charge >= 0.3 is 0 Å². The van der Waals surface area contributed by atoms with E-state index in [1.807, 2.05) is 12.1 Å². The van der Waals surface area contributed by atoms with E-state index >= 15 is 0 Å². The highest BCUT2D eigenvalue weighted by molar-refractivity contribution is 5.37. The predicted molar refractivity (Wildman–Crippen MR) is 75.5 cm³/mol. The zero-order valence-corrected chi connectivity index (χ0v) is 11.4. The number of fused-ring (bicyclic) bond motifs is 1. The van der Waals surface area contributed by atoms with E-state index in [2.05, 4.69) is 12.1 Å². The predicted octanol–water partition coefficient (Wildman–Crippen LogP) is 2.84. The second-order valence-corrected chi connectivity index (χ2v) is 5.69. The fourth-order valence-electron chi connectivity index (χ4n) is 3.16. The second-order valence-electron chi connectivity index (χ2n) is 5.69. The van der Waals surface area contributed by atoms with Crippen molar-refractivity contribution in [1.82, 2.24) is 0 Å². The maximum atomic E-state index is 6.14. The van der Waals surface area contributed by atoms with Gasteiger partial charge in [-0.05, 0) is 30.9 Å². The number of rotatable bonds is 3. The van der Waals surface area contributed by atoms with E-state index in [-0.39, 0.29) is 12.1 Å². The Hall–Kier alpha value is -1.06. The summed E-state index contributed by atoms with van der Waals surface area (Å²) in [5.74, 6) is 1.48. The van der Waals surface area contributed by atoms with Gasteiger partial charge in [-0.1, -0.05) is 31.0 Å². The first-order chi connectivity index (χ1) is 9.34. The molecule has 1 heterocycles. The highest BCUT2D eigenvalue weighted by Gasteiger charge is 2.26. The molecular formula is C16H23NO2. The van der Waals surface area contributed by atoms with Crippen molar-refractivity contribution in [3.05, 3.63) is 29.8 Å². The fourth-order valence-corrected chi connectivity index (χ4v) is 3.16. The van der Waals surface area contributed by atoms with E-state index in [4.69, 9.17) is 15.2 Å². The lowest BCUT2D eigenvalue weighted by atomic mass is 9.92. The Balaban J connectivity index is 1.61. The van der Waals surface area contributed by atoms with E-state index in [0.29, 0.717) is 5.92 Å². The Morgan fingerprint density at radius 1 is 1.16 bits per heavy atom. The number of nitrogens with two attached hydrogens (primary N) is 1. The number of para-hydroxylation sites is 1. The normalized spacial score (nSPS) is 30.5. The first-order valence-electron chi connectivity index (χ1n) is 7.43. The summed E-state index contributed by atoms with van der Waals surface area (Å²) in [6.45, 7) is 1.57.